The maximum Gasteiger partial charge on any atom is 0.0462 e. The summed E-state index contributed by atoms with van der Waals surface area (Å²) in [6.07, 6.45) is 5.32. The van der Waals surface area contributed by atoms with Crippen molar-refractivity contribution in [3.05, 3.63) is 0 Å². The molecular formula is C13H31NO. The highest BCUT2D eigenvalue weighted by molar-refractivity contribution is 4.67. The van der Waals surface area contributed by atoms with E-state index in [1.165, 1.54) is 38.8 Å². The van der Waals surface area contributed by atoms with E-state index in [4.69, 9.17) is 4.74 Å². The highest BCUT2D eigenvalue weighted by Gasteiger charge is 2.11. The molecule has 0 radical (unpaired) electrons. The fraction of sp³-hybridized carbons (Fsp3) is 1.00. The first-order valence-corrected chi connectivity index (χ1v) is 6.63. The van der Waals surface area contributed by atoms with Crippen LogP contribution in [0.1, 0.15) is 53.4 Å². The summed E-state index contributed by atoms with van der Waals surface area (Å²) in [4.78, 5) is 0. The Morgan fingerprint density at radius 3 is 2.07 bits per heavy atom. The third-order valence-corrected chi connectivity index (χ3v) is 2.42. The minimum atomic E-state index is 0.934. The zero-order valence-corrected chi connectivity index (χ0v) is 11.4. The molecular weight excluding hydrogens is 186 g/mol. The van der Waals surface area contributed by atoms with Crippen LogP contribution >= 0.6 is 0 Å². The molecule has 94 valence electrons. The van der Waals surface area contributed by atoms with Gasteiger partial charge < -0.3 is 10.1 Å². The van der Waals surface area contributed by atoms with Crippen molar-refractivity contribution in [3.63, 3.8) is 0 Å². The summed E-state index contributed by atoms with van der Waals surface area (Å²) >= 11 is 0. The maximum absolute atomic E-state index is 5.02. The number of methoxy groups -OCH3 is 1. The van der Waals surface area contributed by atoms with E-state index in [1.807, 2.05) is 27.7 Å². The van der Waals surface area contributed by atoms with Gasteiger partial charge in [-0.15, -0.1) is 0 Å². The fourth-order valence-electron chi connectivity index (χ4n) is 1.69. The Labute approximate surface area is 96.8 Å². The van der Waals surface area contributed by atoms with E-state index in [9.17, 15) is 0 Å². The summed E-state index contributed by atoms with van der Waals surface area (Å²) in [5.41, 5.74) is 0. The summed E-state index contributed by atoms with van der Waals surface area (Å²) in [7, 11) is 1.78. The molecule has 1 saturated heterocycles. The van der Waals surface area contributed by atoms with Crippen molar-refractivity contribution in [2.24, 2.45) is 5.92 Å². The number of piperidine rings is 1. The minimum Gasteiger partial charge on any atom is -0.385 e. The molecule has 0 bridgehead atoms. The van der Waals surface area contributed by atoms with E-state index in [2.05, 4.69) is 5.32 Å². The zero-order valence-electron chi connectivity index (χ0n) is 11.4. The van der Waals surface area contributed by atoms with Crippen LogP contribution < -0.4 is 5.32 Å². The maximum atomic E-state index is 5.02. The van der Waals surface area contributed by atoms with Gasteiger partial charge in [-0.3, -0.25) is 0 Å². The summed E-state index contributed by atoms with van der Waals surface area (Å²) in [6, 6.07) is 0. The summed E-state index contributed by atoms with van der Waals surface area (Å²) in [5.74, 6) is 0.964. The van der Waals surface area contributed by atoms with Crippen molar-refractivity contribution in [2.45, 2.75) is 53.4 Å². The Bertz CT molecular complexity index is 90.5. The Balaban J connectivity index is 0. The van der Waals surface area contributed by atoms with E-state index in [0.29, 0.717) is 0 Å². The predicted molar refractivity (Wildman–Crippen MR) is 69.4 cm³/mol. The van der Waals surface area contributed by atoms with E-state index >= 15 is 0 Å². The van der Waals surface area contributed by atoms with Gasteiger partial charge in [0.15, 0.2) is 0 Å². The molecule has 0 aliphatic carbocycles. The SMILES string of the molecule is CC.CC.COCCCC1CCNCC1. The molecule has 1 aliphatic heterocycles. The molecule has 15 heavy (non-hydrogen) atoms. The van der Waals surface area contributed by atoms with Crippen molar-refractivity contribution in [2.75, 3.05) is 26.8 Å². The molecule has 1 aliphatic rings. The van der Waals surface area contributed by atoms with Crippen LogP contribution in [0.15, 0.2) is 0 Å². The van der Waals surface area contributed by atoms with Crippen LogP contribution in [0.3, 0.4) is 0 Å². The monoisotopic (exact) mass is 217 g/mol. The van der Waals surface area contributed by atoms with Crippen molar-refractivity contribution < 1.29 is 4.74 Å². The lowest BCUT2D eigenvalue weighted by molar-refractivity contribution is 0.182. The average Bonchev–Trinajstić information content (AvgIpc) is 2.36. The first kappa shape index (κ1) is 17.3. The van der Waals surface area contributed by atoms with Gasteiger partial charge in [-0.1, -0.05) is 27.7 Å². The number of nitrogens with one attached hydrogen (secondary N) is 1. The molecule has 2 heteroatoms. The second-order valence-corrected chi connectivity index (χ2v) is 3.33. The molecule has 0 atom stereocenters. The largest absolute Gasteiger partial charge is 0.385 e. The molecule has 1 heterocycles. The van der Waals surface area contributed by atoms with Gasteiger partial charge >= 0.3 is 0 Å². The standard InChI is InChI=1S/C9H19NO.2C2H6/c1-11-8-2-3-9-4-6-10-7-5-9;2*1-2/h9-10H,2-8H2,1H3;2*1-2H3. The van der Waals surface area contributed by atoms with Gasteiger partial charge in [-0.2, -0.15) is 0 Å². The molecule has 0 amide bonds. The Kier molecular flexibility index (Phi) is 18.9. The van der Waals surface area contributed by atoms with Crippen LogP contribution in [0.25, 0.3) is 0 Å². The predicted octanol–water partition coefficient (Wildman–Crippen LogP) is 3.47. The van der Waals surface area contributed by atoms with E-state index in [-0.39, 0.29) is 0 Å². The van der Waals surface area contributed by atoms with Crippen LogP contribution in [0.5, 0.6) is 0 Å². The summed E-state index contributed by atoms with van der Waals surface area (Å²) < 4.78 is 5.02. The lowest BCUT2D eigenvalue weighted by atomic mass is 9.93. The van der Waals surface area contributed by atoms with Gasteiger partial charge in [0.05, 0.1) is 0 Å². The van der Waals surface area contributed by atoms with Gasteiger partial charge in [0.25, 0.3) is 0 Å². The lowest BCUT2D eigenvalue weighted by Crippen LogP contribution is -2.27. The second-order valence-electron chi connectivity index (χ2n) is 3.33. The second kappa shape index (κ2) is 16.4. The quantitative estimate of drug-likeness (QED) is 0.728. The number of ether oxygens (including phenoxy) is 1. The summed E-state index contributed by atoms with van der Waals surface area (Å²) in [6.45, 7) is 11.4. The summed E-state index contributed by atoms with van der Waals surface area (Å²) in [5, 5.41) is 3.37. The number of rotatable bonds is 4. The Morgan fingerprint density at radius 2 is 1.60 bits per heavy atom. The van der Waals surface area contributed by atoms with E-state index in [0.717, 1.165) is 12.5 Å². The van der Waals surface area contributed by atoms with Crippen molar-refractivity contribution in [1.82, 2.24) is 5.32 Å². The van der Waals surface area contributed by atoms with Crippen LogP contribution in [0.4, 0.5) is 0 Å². The zero-order chi connectivity index (χ0) is 11.9. The average molecular weight is 217 g/mol. The number of hydrogen-bond donors (Lipinski definition) is 1. The molecule has 1 rings (SSSR count). The molecule has 1 N–H and O–H groups in total. The van der Waals surface area contributed by atoms with Crippen molar-refractivity contribution in [3.8, 4) is 0 Å². The molecule has 0 unspecified atom stereocenters. The molecule has 0 spiro atoms. The van der Waals surface area contributed by atoms with Gasteiger partial charge in [0.1, 0.15) is 0 Å². The molecule has 0 aromatic rings. The van der Waals surface area contributed by atoms with E-state index in [1.54, 1.807) is 7.11 Å². The molecule has 1 fully saturated rings. The van der Waals surface area contributed by atoms with Gasteiger partial charge in [-0.05, 0) is 44.7 Å². The van der Waals surface area contributed by atoms with Crippen LogP contribution in [-0.4, -0.2) is 26.8 Å². The first-order valence-electron chi connectivity index (χ1n) is 6.63. The first-order chi connectivity index (χ1) is 7.43. The van der Waals surface area contributed by atoms with Crippen LogP contribution in [-0.2, 0) is 4.74 Å². The van der Waals surface area contributed by atoms with Gasteiger partial charge in [0.2, 0.25) is 0 Å². The topological polar surface area (TPSA) is 21.3 Å². The van der Waals surface area contributed by atoms with Crippen molar-refractivity contribution >= 4 is 0 Å². The van der Waals surface area contributed by atoms with E-state index < -0.39 is 0 Å². The van der Waals surface area contributed by atoms with Crippen molar-refractivity contribution in [1.29, 1.82) is 0 Å². The molecule has 0 aromatic carbocycles. The normalized spacial score (nSPS) is 15.8. The number of hydrogen-bond acceptors (Lipinski definition) is 2. The third-order valence-electron chi connectivity index (χ3n) is 2.42. The highest BCUT2D eigenvalue weighted by atomic mass is 16.5. The van der Waals surface area contributed by atoms with Crippen LogP contribution in [0.2, 0.25) is 0 Å². The highest BCUT2D eigenvalue weighted by Crippen LogP contribution is 2.17. The fourth-order valence-corrected chi connectivity index (χ4v) is 1.69. The Hall–Kier alpha value is -0.0800. The molecule has 0 saturated carbocycles. The third kappa shape index (κ3) is 11.8. The molecule has 0 aromatic heterocycles. The minimum absolute atomic E-state index is 0.934. The van der Waals surface area contributed by atoms with Gasteiger partial charge in [-0.25, -0.2) is 0 Å². The Morgan fingerprint density at radius 1 is 1.07 bits per heavy atom. The molecule has 2 nitrogen and oxygen atoms in total. The van der Waals surface area contributed by atoms with Gasteiger partial charge in [0, 0.05) is 13.7 Å². The lowest BCUT2D eigenvalue weighted by Gasteiger charge is -2.22. The van der Waals surface area contributed by atoms with Crippen LogP contribution in [0, 0.1) is 5.92 Å². The smallest absolute Gasteiger partial charge is 0.0462 e.